The molecule has 1 saturated heterocycles. The summed E-state index contributed by atoms with van der Waals surface area (Å²) < 4.78 is 7.19. The van der Waals surface area contributed by atoms with Crippen LogP contribution in [-0.2, 0) is 16.0 Å². The number of hydrogen-bond donors (Lipinski definition) is 2. The molecule has 1 aliphatic heterocycles. The Kier molecular flexibility index (Phi) is 7.98. The average Bonchev–Trinajstić information content (AvgIpc) is 3.02. The Morgan fingerprint density at radius 2 is 1.93 bits per heavy atom. The molecular weight excluding hydrogens is 378 g/mol. The van der Waals surface area contributed by atoms with Gasteiger partial charge in [0.05, 0.1) is 30.1 Å². The molecular formula is C20H30ClN5O2. The van der Waals surface area contributed by atoms with E-state index in [0.29, 0.717) is 18.8 Å². The summed E-state index contributed by atoms with van der Waals surface area (Å²) in [6, 6.07) is 8.09. The van der Waals surface area contributed by atoms with E-state index in [-0.39, 0.29) is 30.2 Å². The smallest absolute Gasteiger partial charge is 0.226 e. The fourth-order valence-electron chi connectivity index (χ4n) is 3.59. The summed E-state index contributed by atoms with van der Waals surface area (Å²) in [5.41, 5.74) is 3.76. The van der Waals surface area contributed by atoms with Gasteiger partial charge in [0, 0.05) is 19.1 Å². The van der Waals surface area contributed by atoms with Crippen molar-refractivity contribution < 1.29 is 9.53 Å². The highest BCUT2D eigenvalue weighted by Crippen LogP contribution is 2.28. The number of carbonyl (C=O) groups is 1. The van der Waals surface area contributed by atoms with E-state index in [2.05, 4.69) is 20.9 Å². The molecule has 7 nitrogen and oxygen atoms in total. The van der Waals surface area contributed by atoms with Gasteiger partial charge in [-0.25, -0.2) is 4.68 Å². The Morgan fingerprint density at radius 1 is 1.25 bits per heavy atom. The van der Waals surface area contributed by atoms with Crippen LogP contribution in [0.1, 0.15) is 29.8 Å². The van der Waals surface area contributed by atoms with E-state index < -0.39 is 0 Å². The maximum absolute atomic E-state index is 12.5. The minimum Gasteiger partial charge on any atom is -0.384 e. The average molecular weight is 408 g/mol. The number of nitrogens with one attached hydrogen (secondary N) is 2. The summed E-state index contributed by atoms with van der Waals surface area (Å²) >= 11 is 0. The SMILES string of the molecule is COCC1(CNC(=O)Cc2nnn(-c3ccc(C)cc3)c2C)CCNCC1.Cl. The van der Waals surface area contributed by atoms with Crippen molar-refractivity contribution in [1.82, 2.24) is 25.6 Å². The lowest BCUT2D eigenvalue weighted by atomic mass is 9.79. The predicted octanol–water partition coefficient (Wildman–Crippen LogP) is 1.98. The van der Waals surface area contributed by atoms with Crippen molar-refractivity contribution in [3.8, 4) is 5.69 Å². The van der Waals surface area contributed by atoms with Crippen molar-refractivity contribution >= 4 is 18.3 Å². The number of benzene rings is 1. The van der Waals surface area contributed by atoms with E-state index in [1.165, 1.54) is 5.56 Å². The summed E-state index contributed by atoms with van der Waals surface area (Å²) in [5.74, 6) is -0.0249. The number of carbonyl (C=O) groups excluding carboxylic acids is 1. The molecule has 2 N–H and O–H groups in total. The highest BCUT2D eigenvalue weighted by Gasteiger charge is 2.32. The molecule has 0 unspecified atom stereocenters. The molecule has 28 heavy (non-hydrogen) atoms. The molecule has 3 rings (SSSR count). The standard InChI is InChI=1S/C20H29N5O2.ClH/c1-15-4-6-17(7-5-15)25-16(2)18(23-24-25)12-19(26)22-13-20(14-27-3)8-10-21-11-9-20;/h4-7,21H,8-14H2,1-3H3,(H,22,26);1H. The van der Waals surface area contributed by atoms with Crippen molar-refractivity contribution in [2.75, 3.05) is 33.4 Å². The normalized spacial score (nSPS) is 15.7. The summed E-state index contributed by atoms with van der Waals surface area (Å²) in [7, 11) is 1.72. The van der Waals surface area contributed by atoms with Gasteiger partial charge in [-0.15, -0.1) is 17.5 Å². The van der Waals surface area contributed by atoms with Crippen molar-refractivity contribution in [1.29, 1.82) is 0 Å². The lowest BCUT2D eigenvalue weighted by molar-refractivity contribution is -0.121. The van der Waals surface area contributed by atoms with Crippen LogP contribution in [0.4, 0.5) is 0 Å². The van der Waals surface area contributed by atoms with E-state index in [1.807, 2.05) is 38.1 Å². The van der Waals surface area contributed by atoms with Crippen LogP contribution in [0.2, 0.25) is 0 Å². The Bertz CT molecular complexity index is 764. The summed E-state index contributed by atoms with van der Waals surface area (Å²) in [6.45, 7) is 7.21. The van der Waals surface area contributed by atoms with Crippen molar-refractivity contribution in [2.45, 2.75) is 33.1 Å². The van der Waals surface area contributed by atoms with Crippen LogP contribution in [-0.4, -0.2) is 54.3 Å². The molecule has 0 bridgehead atoms. The monoisotopic (exact) mass is 407 g/mol. The minimum atomic E-state index is -0.0249. The molecule has 2 aromatic rings. The second-order valence-electron chi connectivity index (χ2n) is 7.51. The minimum absolute atomic E-state index is 0. The van der Waals surface area contributed by atoms with Gasteiger partial charge in [-0.05, 0) is 51.9 Å². The molecule has 1 aliphatic rings. The number of aryl methyl sites for hydroxylation is 1. The van der Waals surface area contributed by atoms with Gasteiger partial charge in [0.2, 0.25) is 5.91 Å². The Hall–Kier alpha value is -1.96. The number of amides is 1. The molecule has 1 amide bonds. The number of halogens is 1. The molecule has 1 aromatic heterocycles. The van der Waals surface area contributed by atoms with Gasteiger partial charge < -0.3 is 15.4 Å². The van der Waals surface area contributed by atoms with Gasteiger partial charge in [0.25, 0.3) is 0 Å². The Morgan fingerprint density at radius 3 is 2.57 bits per heavy atom. The van der Waals surface area contributed by atoms with Gasteiger partial charge >= 0.3 is 0 Å². The third-order valence-corrected chi connectivity index (χ3v) is 5.37. The lowest BCUT2D eigenvalue weighted by Crippen LogP contribution is -2.47. The van der Waals surface area contributed by atoms with Crippen LogP contribution in [0.3, 0.4) is 0 Å². The molecule has 0 saturated carbocycles. The highest BCUT2D eigenvalue weighted by molar-refractivity contribution is 5.85. The molecule has 8 heteroatoms. The maximum Gasteiger partial charge on any atom is 0.226 e. The van der Waals surface area contributed by atoms with Crippen molar-refractivity contribution in [2.24, 2.45) is 5.41 Å². The number of hydrogen-bond acceptors (Lipinski definition) is 5. The predicted molar refractivity (Wildman–Crippen MR) is 111 cm³/mol. The molecule has 0 radical (unpaired) electrons. The molecule has 0 spiro atoms. The van der Waals surface area contributed by atoms with Crippen molar-refractivity contribution in [3.05, 3.63) is 41.2 Å². The van der Waals surface area contributed by atoms with Gasteiger partial charge in [-0.2, -0.15) is 0 Å². The number of methoxy groups -OCH3 is 1. The summed E-state index contributed by atoms with van der Waals surface area (Å²) in [6.07, 6.45) is 2.24. The second-order valence-corrected chi connectivity index (χ2v) is 7.51. The topological polar surface area (TPSA) is 81.1 Å². The van der Waals surface area contributed by atoms with E-state index in [4.69, 9.17) is 4.74 Å². The molecule has 0 aliphatic carbocycles. The van der Waals surface area contributed by atoms with Crippen LogP contribution in [0.15, 0.2) is 24.3 Å². The second kappa shape index (κ2) is 10.0. The van der Waals surface area contributed by atoms with Crippen molar-refractivity contribution in [3.63, 3.8) is 0 Å². The fourth-order valence-corrected chi connectivity index (χ4v) is 3.59. The zero-order valence-corrected chi connectivity index (χ0v) is 17.6. The van der Waals surface area contributed by atoms with Crippen LogP contribution in [0.5, 0.6) is 0 Å². The van der Waals surface area contributed by atoms with E-state index in [0.717, 1.165) is 37.3 Å². The maximum atomic E-state index is 12.5. The number of nitrogens with zero attached hydrogens (tertiary/aromatic N) is 3. The first-order chi connectivity index (χ1) is 13.0. The third-order valence-electron chi connectivity index (χ3n) is 5.37. The first-order valence-corrected chi connectivity index (χ1v) is 9.48. The molecule has 0 atom stereocenters. The van der Waals surface area contributed by atoms with Crippen LogP contribution >= 0.6 is 12.4 Å². The number of piperidine rings is 1. The van der Waals surface area contributed by atoms with Gasteiger partial charge in [-0.1, -0.05) is 22.9 Å². The zero-order valence-electron chi connectivity index (χ0n) is 16.8. The Labute approximate surface area is 172 Å². The van der Waals surface area contributed by atoms with Gasteiger partial charge in [0.15, 0.2) is 0 Å². The fraction of sp³-hybridized carbons (Fsp3) is 0.550. The largest absolute Gasteiger partial charge is 0.384 e. The molecule has 1 aromatic carbocycles. The van der Waals surface area contributed by atoms with E-state index in [1.54, 1.807) is 11.8 Å². The first-order valence-electron chi connectivity index (χ1n) is 9.48. The zero-order chi connectivity index (χ0) is 19.3. The molecule has 1 fully saturated rings. The third kappa shape index (κ3) is 5.31. The molecule has 2 heterocycles. The lowest BCUT2D eigenvalue weighted by Gasteiger charge is -2.37. The Balaban J connectivity index is 0.00000280. The van der Waals surface area contributed by atoms with Gasteiger partial charge in [0.1, 0.15) is 0 Å². The number of rotatable bonds is 7. The van der Waals surface area contributed by atoms with Crippen LogP contribution in [0.25, 0.3) is 5.69 Å². The van der Waals surface area contributed by atoms with Crippen LogP contribution in [0, 0.1) is 19.3 Å². The molecule has 154 valence electrons. The summed E-state index contributed by atoms with van der Waals surface area (Å²) in [4.78, 5) is 12.5. The van der Waals surface area contributed by atoms with E-state index in [9.17, 15) is 4.79 Å². The van der Waals surface area contributed by atoms with Gasteiger partial charge in [-0.3, -0.25) is 4.79 Å². The first kappa shape index (κ1) is 22.3. The highest BCUT2D eigenvalue weighted by atomic mass is 35.5. The number of ether oxygens (including phenoxy) is 1. The van der Waals surface area contributed by atoms with Crippen LogP contribution < -0.4 is 10.6 Å². The number of aromatic nitrogens is 3. The van der Waals surface area contributed by atoms with E-state index >= 15 is 0 Å². The summed E-state index contributed by atoms with van der Waals surface area (Å²) in [5, 5.41) is 14.9. The quantitative estimate of drug-likeness (QED) is 0.733.